The molecular formula is C12H25ClN2O2. The average Bonchev–Trinajstić information content (AvgIpc) is 2.16. The SMILES string of the molecule is CC(C)[C@@H]1CNCCN1OC(=O)C(C)(C)C.Cl. The highest BCUT2D eigenvalue weighted by Crippen LogP contribution is 2.19. The molecule has 4 nitrogen and oxygen atoms in total. The first kappa shape index (κ1) is 16.7. The number of piperazine rings is 1. The molecule has 0 amide bonds. The molecule has 1 aliphatic heterocycles. The van der Waals surface area contributed by atoms with Crippen molar-refractivity contribution < 1.29 is 9.63 Å². The maximum atomic E-state index is 11.8. The fourth-order valence-electron chi connectivity index (χ4n) is 1.63. The summed E-state index contributed by atoms with van der Waals surface area (Å²) in [7, 11) is 0. The van der Waals surface area contributed by atoms with E-state index in [9.17, 15) is 4.79 Å². The molecule has 1 fully saturated rings. The Morgan fingerprint density at radius 1 is 1.41 bits per heavy atom. The van der Waals surface area contributed by atoms with Gasteiger partial charge in [-0.25, -0.2) is 4.79 Å². The van der Waals surface area contributed by atoms with Gasteiger partial charge in [0, 0.05) is 19.6 Å². The number of halogens is 1. The molecule has 0 aromatic rings. The van der Waals surface area contributed by atoms with E-state index in [1.54, 1.807) is 0 Å². The van der Waals surface area contributed by atoms with Crippen LogP contribution in [0, 0.1) is 11.3 Å². The lowest BCUT2D eigenvalue weighted by atomic mass is 9.97. The number of hydroxylamine groups is 2. The lowest BCUT2D eigenvalue weighted by molar-refractivity contribution is -0.218. The van der Waals surface area contributed by atoms with Crippen molar-refractivity contribution in [3.05, 3.63) is 0 Å². The standard InChI is InChI=1S/C12H24N2O2.ClH/c1-9(2)10-8-13-6-7-14(10)16-11(15)12(3,4)5;/h9-10,13H,6-8H2,1-5H3;1H/t10-;/m0./s1. The minimum Gasteiger partial charge on any atom is -0.367 e. The number of rotatable bonds is 2. The summed E-state index contributed by atoms with van der Waals surface area (Å²) in [5.41, 5.74) is -0.438. The third-order valence-electron chi connectivity index (χ3n) is 2.81. The van der Waals surface area contributed by atoms with Gasteiger partial charge in [-0.3, -0.25) is 0 Å². The molecule has 1 saturated heterocycles. The van der Waals surface area contributed by atoms with Crippen molar-refractivity contribution in [1.82, 2.24) is 10.4 Å². The minimum absolute atomic E-state index is 0. The number of nitrogens with one attached hydrogen (secondary N) is 1. The third kappa shape index (κ3) is 4.82. The molecule has 5 heteroatoms. The summed E-state index contributed by atoms with van der Waals surface area (Å²) in [6, 6.07) is 0.278. The summed E-state index contributed by atoms with van der Waals surface area (Å²) >= 11 is 0. The highest BCUT2D eigenvalue weighted by Gasteiger charge is 2.32. The second-order valence-corrected chi connectivity index (χ2v) is 5.78. The Morgan fingerprint density at radius 2 is 2.00 bits per heavy atom. The van der Waals surface area contributed by atoms with E-state index in [1.165, 1.54) is 0 Å². The average molecular weight is 265 g/mol. The molecule has 0 bridgehead atoms. The zero-order valence-corrected chi connectivity index (χ0v) is 12.3. The van der Waals surface area contributed by atoms with E-state index in [0.717, 1.165) is 19.6 Å². The summed E-state index contributed by atoms with van der Waals surface area (Å²) in [6.45, 7) is 12.5. The van der Waals surface area contributed by atoms with E-state index in [0.29, 0.717) is 5.92 Å². The number of carbonyl (C=O) groups excluding carboxylic acids is 1. The van der Waals surface area contributed by atoms with Gasteiger partial charge in [-0.15, -0.1) is 17.5 Å². The van der Waals surface area contributed by atoms with Gasteiger partial charge in [-0.1, -0.05) is 13.8 Å². The molecule has 1 rings (SSSR count). The van der Waals surface area contributed by atoms with E-state index >= 15 is 0 Å². The van der Waals surface area contributed by atoms with E-state index in [1.807, 2.05) is 25.8 Å². The van der Waals surface area contributed by atoms with Crippen LogP contribution >= 0.6 is 12.4 Å². The molecule has 1 N–H and O–H groups in total. The van der Waals surface area contributed by atoms with Crippen molar-refractivity contribution in [3.63, 3.8) is 0 Å². The van der Waals surface area contributed by atoms with E-state index in [2.05, 4.69) is 19.2 Å². The summed E-state index contributed by atoms with van der Waals surface area (Å²) in [6.07, 6.45) is 0. The topological polar surface area (TPSA) is 41.6 Å². The van der Waals surface area contributed by atoms with Crippen molar-refractivity contribution in [1.29, 1.82) is 0 Å². The molecule has 1 atom stereocenters. The zero-order chi connectivity index (χ0) is 12.3. The number of hydrogen-bond acceptors (Lipinski definition) is 4. The Bertz CT molecular complexity index is 251. The Labute approximate surface area is 110 Å². The van der Waals surface area contributed by atoms with Gasteiger partial charge in [0.1, 0.15) is 0 Å². The molecule has 0 spiro atoms. The Hall–Kier alpha value is -0.320. The highest BCUT2D eigenvalue weighted by molar-refractivity contribution is 5.85. The van der Waals surface area contributed by atoms with Gasteiger partial charge in [0.15, 0.2) is 0 Å². The highest BCUT2D eigenvalue weighted by atomic mass is 35.5. The Kier molecular flexibility index (Phi) is 6.45. The van der Waals surface area contributed by atoms with Gasteiger partial charge in [-0.05, 0) is 26.7 Å². The van der Waals surface area contributed by atoms with Crippen LogP contribution < -0.4 is 5.32 Å². The Morgan fingerprint density at radius 3 is 2.47 bits per heavy atom. The van der Waals surface area contributed by atoms with Crippen LogP contribution in [0.25, 0.3) is 0 Å². The van der Waals surface area contributed by atoms with Crippen LogP contribution in [0.4, 0.5) is 0 Å². The molecule has 1 aliphatic rings. The minimum atomic E-state index is -0.438. The molecule has 0 aliphatic carbocycles. The quantitative estimate of drug-likeness (QED) is 0.827. The summed E-state index contributed by atoms with van der Waals surface area (Å²) < 4.78 is 0. The maximum Gasteiger partial charge on any atom is 0.330 e. The largest absolute Gasteiger partial charge is 0.367 e. The first-order valence-corrected chi connectivity index (χ1v) is 6.02. The van der Waals surface area contributed by atoms with Gasteiger partial charge >= 0.3 is 5.97 Å². The molecular weight excluding hydrogens is 240 g/mol. The lowest BCUT2D eigenvalue weighted by Crippen LogP contribution is -2.54. The van der Waals surface area contributed by atoms with Crippen molar-refractivity contribution in [2.24, 2.45) is 11.3 Å². The van der Waals surface area contributed by atoms with Crippen molar-refractivity contribution in [3.8, 4) is 0 Å². The number of nitrogens with zero attached hydrogens (tertiary/aromatic N) is 1. The van der Waals surface area contributed by atoms with E-state index < -0.39 is 5.41 Å². The smallest absolute Gasteiger partial charge is 0.330 e. The van der Waals surface area contributed by atoms with Crippen molar-refractivity contribution in [2.45, 2.75) is 40.7 Å². The monoisotopic (exact) mass is 264 g/mol. The van der Waals surface area contributed by atoms with Gasteiger partial charge < -0.3 is 10.2 Å². The molecule has 1 heterocycles. The van der Waals surface area contributed by atoms with Crippen LogP contribution in [0.5, 0.6) is 0 Å². The molecule has 0 aromatic carbocycles. The van der Waals surface area contributed by atoms with E-state index in [-0.39, 0.29) is 24.4 Å². The van der Waals surface area contributed by atoms with Gasteiger partial charge in [0.25, 0.3) is 0 Å². The molecule has 17 heavy (non-hydrogen) atoms. The number of hydrogen-bond donors (Lipinski definition) is 1. The van der Waals surface area contributed by atoms with Crippen LogP contribution in [0.3, 0.4) is 0 Å². The van der Waals surface area contributed by atoms with Crippen molar-refractivity contribution in [2.75, 3.05) is 19.6 Å². The molecule has 0 radical (unpaired) electrons. The number of carbonyl (C=O) groups is 1. The molecule has 0 unspecified atom stereocenters. The van der Waals surface area contributed by atoms with Crippen LogP contribution in [-0.4, -0.2) is 36.7 Å². The fraction of sp³-hybridized carbons (Fsp3) is 0.917. The van der Waals surface area contributed by atoms with Gasteiger partial charge in [0.2, 0.25) is 0 Å². The maximum absolute atomic E-state index is 11.8. The second-order valence-electron chi connectivity index (χ2n) is 5.78. The van der Waals surface area contributed by atoms with Crippen molar-refractivity contribution >= 4 is 18.4 Å². The van der Waals surface area contributed by atoms with Crippen LogP contribution in [-0.2, 0) is 9.63 Å². The van der Waals surface area contributed by atoms with Crippen LogP contribution in [0.15, 0.2) is 0 Å². The molecule has 102 valence electrons. The molecule has 0 aromatic heterocycles. The second kappa shape index (κ2) is 6.57. The predicted octanol–water partition coefficient (Wildman–Crippen LogP) is 1.84. The van der Waals surface area contributed by atoms with Crippen LogP contribution in [0.1, 0.15) is 34.6 Å². The zero-order valence-electron chi connectivity index (χ0n) is 11.4. The third-order valence-corrected chi connectivity index (χ3v) is 2.81. The van der Waals surface area contributed by atoms with Gasteiger partial charge in [-0.2, -0.15) is 0 Å². The lowest BCUT2D eigenvalue weighted by Gasteiger charge is -2.37. The summed E-state index contributed by atoms with van der Waals surface area (Å²) in [5.74, 6) is 0.320. The summed E-state index contributed by atoms with van der Waals surface area (Å²) in [4.78, 5) is 17.3. The Balaban J connectivity index is 0.00000256. The first-order valence-electron chi connectivity index (χ1n) is 6.02. The predicted molar refractivity (Wildman–Crippen MR) is 71.0 cm³/mol. The fourth-order valence-corrected chi connectivity index (χ4v) is 1.63. The normalized spacial score (nSPS) is 22.1. The van der Waals surface area contributed by atoms with E-state index in [4.69, 9.17) is 4.84 Å². The molecule has 0 saturated carbocycles. The summed E-state index contributed by atoms with van der Waals surface area (Å²) in [5, 5.41) is 5.17. The van der Waals surface area contributed by atoms with Gasteiger partial charge in [0.05, 0.1) is 11.5 Å². The first-order chi connectivity index (χ1) is 7.32. The van der Waals surface area contributed by atoms with Crippen LogP contribution in [0.2, 0.25) is 0 Å².